The number of carbonyl (C=O) groups is 1. The van der Waals surface area contributed by atoms with E-state index in [1.807, 2.05) is 13.8 Å². The number of aryl methyl sites for hydroxylation is 1. The lowest BCUT2D eigenvalue weighted by molar-refractivity contribution is -0.153. The van der Waals surface area contributed by atoms with Gasteiger partial charge < -0.3 is 5.11 Å². The molecule has 1 fully saturated rings. The van der Waals surface area contributed by atoms with E-state index in [1.165, 1.54) is 4.90 Å². The Hall–Kier alpha value is -1.50. The monoisotopic (exact) mass is 301 g/mol. The van der Waals surface area contributed by atoms with Crippen LogP contribution in [0, 0.1) is 5.92 Å². The van der Waals surface area contributed by atoms with Crippen LogP contribution < -0.4 is 0 Å². The molecule has 0 aromatic carbocycles. The zero-order valence-electron chi connectivity index (χ0n) is 12.5. The molecule has 0 saturated carbocycles. The summed E-state index contributed by atoms with van der Waals surface area (Å²) in [6, 6.07) is 0. The van der Waals surface area contributed by atoms with Crippen LogP contribution in [-0.2, 0) is 18.4 Å². The molecule has 5 nitrogen and oxygen atoms in total. The number of halogens is 2. The number of aromatic nitrogens is 2. The molecule has 2 rings (SSSR count). The molecule has 0 radical (unpaired) electrons. The van der Waals surface area contributed by atoms with E-state index < -0.39 is 30.8 Å². The van der Waals surface area contributed by atoms with Gasteiger partial charge in [0.1, 0.15) is 0 Å². The largest absolute Gasteiger partial charge is 0.481 e. The average Bonchev–Trinajstić information content (AvgIpc) is 2.69. The van der Waals surface area contributed by atoms with E-state index in [1.54, 1.807) is 17.9 Å². The molecule has 1 aliphatic heterocycles. The maximum absolute atomic E-state index is 13.7. The number of likely N-dealkylation sites (tertiary alicyclic amines) is 1. The summed E-state index contributed by atoms with van der Waals surface area (Å²) in [6.45, 7) is 4.08. The second kappa shape index (κ2) is 5.71. The SMILES string of the molecule is CC(C)c1cnn(C)c1CN1CC(C(=O)O)CC(F)(F)C1. The second-order valence-electron chi connectivity index (χ2n) is 6.09. The maximum Gasteiger partial charge on any atom is 0.308 e. The van der Waals surface area contributed by atoms with Crippen molar-refractivity contribution in [2.75, 3.05) is 13.1 Å². The van der Waals surface area contributed by atoms with Crippen molar-refractivity contribution in [1.29, 1.82) is 0 Å². The van der Waals surface area contributed by atoms with Gasteiger partial charge in [0.05, 0.1) is 24.4 Å². The zero-order valence-corrected chi connectivity index (χ0v) is 12.5. The summed E-state index contributed by atoms with van der Waals surface area (Å²) in [4.78, 5) is 12.6. The summed E-state index contributed by atoms with van der Waals surface area (Å²) in [5, 5.41) is 13.2. The third kappa shape index (κ3) is 3.58. The lowest BCUT2D eigenvalue weighted by Gasteiger charge is -2.36. The topological polar surface area (TPSA) is 58.4 Å². The Kier molecular flexibility index (Phi) is 4.32. The molecule has 1 aromatic heterocycles. The van der Waals surface area contributed by atoms with Crippen molar-refractivity contribution in [3.05, 3.63) is 17.5 Å². The van der Waals surface area contributed by atoms with Gasteiger partial charge in [-0.15, -0.1) is 0 Å². The molecule has 1 atom stereocenters. The number of carboxylic acid groups (broad SMARTS) is 1. The Morgan fingerprint density at radius 3 is 2.81 bits per heavy atom. The fraction of sp³-hybridized carbons (Fsp3) is 0.714. The number of nitrogens with zero attached hydrogens (tertiary/aromatic N) is 3. The quantitative estimate of drug-likeness (QED) is 0.925. The molecule has 118 valence electrons. The standard InChI is InChI=1S/C14H21F2N3O2/c1-9(2)11-5-17-18(3)12(11)7-19-6-10(13(20)21)4-14(15,16)8-19/h5,9-10H,4,6-8H2,1-3H3,(H,20,21). The summed E-state index contributed by atoms with van der Waals surface area (Å²) in [5.74, 6) is -4.90. The number of rotatable bonds is 4. The van der Waals surface area contributed by atoms with E-state index in [0.717, 1.165) is 11.3 Å². The first kappa shape index (κ1) is 15.9. The molecule has 1 saturated heterocycles. The molecule has 21 heavy (non-hydrogen) atoms. The van der Waals surface area contributed by atoms with Crippen molar-refractivity contribution in [3.63, 3.8) is 0 Å². The van der Waals surface area contributed by atoms with Crippen LogP contribution in [0.2, 0.25) is 0 Å². The predicted octanol–water partition coefficient (Wildman–Crippen LogP) is 2.09. The smallest absolute Gasteiger partial charge is 0.308 e. The number of aliphatic carboxylic acids is 1. The molecular weight excluding hydrogens is 280 g/mol. The van der Waals surface area contributed by atoms with Crippen LogP contribution in [0.4, 0.5) is 8.78 Å². The number of hydrogen-bond acceptors (Lipinski definition) is 3. The molecule has 1 aliphatic rings. The summed E-state index contributed by atoms with van der Waals surface area (Å²) in [5.41, 5.74) is 1.88. The van der Waals surface area contributed by atoms with E-state index in [-0.39, 0.29) is 12.5 Å². The van der Waals surface area contributed by atoms with Crippen molar-refractivity contribution in [3.8, 4) is 0 Å². The van der Waals surface area contributed by atoms with Gasteiger partial charge in [-0.25, -0.2) is 8.78 Å². The van der Waals surface area contributed by atoms with Gasteiger partial charge in [-0.2, -0.15) is 5.10 Å². The first-order valence-corrected chi connectivity index (χ1v) is 7.03. The van der Waals surface area contributed by atoms with Gasteiger partial charge in [-0.05, 0) is 11.5 Å². The van der Waals surface area contributed by atoms with E-state index in [0.29, 0.717) is 6.54 Å². The zero-order chi connectivity index (χ0) is 15.8. The normalized spacial score (nSPS) is 22.7. The molecule has 0 aliphatic carbocycles. The van der Waals surface area contributed by atoms with E-state index >= 15 is 0 Å². The van der Waals surface area contributed by atoms with Gasteiger partial charge in [0.25, 0.3) is 5.92 Å². The van der Waals surface area contributed by atoms with Crippen LogP contribution in [0.25, 0.3) is 0 Å². The van der Waals surface area contributed by atoms with Crippen molar-refractivity contribution in [1.82, 2.24) is 14.7 Å². The van der Waals surface area contributed by atoms with Gasteiger partial charge >= 0.3 is 5.97 Å². The number of alkyl halides is 2. The fourth-order valence-electron chi connectivity index (χ4n) is 2.85. The number of hydrogen-bond donors (Lipinski definition) is 1. The second-order valence-corrected chi connectivity index (χ2v) is 6.09. The highest BCUT2D eigenvalue weighted by Gasteiger charge is 2.43. The van der Waals surface area contributed by atoms with Crippen LogP contribution in [0.1, 0.15) is 37.4 Å². The summed E-state index contributed by atoms with van der Waals surface area (Å²) in [7, 11) is 1.78. The van der Waals surface area contributed by atoms with Crippen molar-refractivity contribution in [2.24, 2.45) is 13.0 Å². The lowest BCUT2D eigenvalue weighted by Crippen LogP contribution is -2.48. The molecule has 0 amide bonds. The minimum absolute atomic E-state index is 0.146. The molecule has 2 heterocycles. The van der Waals surface area contributed by atoms with Crippen LogP contribution in [0.5, 0.6) is 0 Å². The predicted molar refractivity (Wildman–Crippen MR) is 73.3 cm³/mol. The van der Waals surface area contributed by atoms with Gasteiger partial charge in [0.2, 0.25) is 0 Å². The van der Waals surface area contributed by atoms with E-state index in [2.05, 4.69) is 5.10 Å². The van der Waals surface area contributed by atoms with Gasteiger partial charge in [-0.3, -0.25) is 14.4 Å². The Labute approximate surface area is 122 Å². The molecule has 0 bridgehead atoms. The van der Waals surface area contributed by atoms with Crippen LogP contribution in [0.3, 0.4) is 0 Å². The third-order valence-electron chi connectivity index (χ3n) is 3.92. The summed E-state index contributed by atoms with van der Waals surface area (Å²) >= 11 is 0. The Morgan fingerprint density at radius 1 is 1.57 bits per heavy atom. The first-order valence-electron chi connectivity index (χ1n) is 7.03. The molecule has 1 aromatic rings. The molecule has 0 spiro atoms. The van der Waals surface area contributed by atoms with E-state index in [4.69, 9.17) is 5.11 Å². The van der Waals surface area contributed by atoms with Crippen molar-refractivity contribution < 1.29 is 18.7 Å². The summed E-state index contributed by atoms with van der Waals surface area (Å²) in [6.07, 6.45) is 1.16. The van der Waals surface area contributed by atoms with Crippen LogP contribution in [-0.4, -0.2) is 44.8 Å². The van der Waals surface area contributed by atoms with E-state index in [9.17, 15) is 13.6 Å². The van der Waals surface area contributed by atoms with Gasteiger partial charge in [-0.1, -0.05) is 13.8 Å². The maximum atomic E-state index is 13.7. The minimum Gasteiger partial charge on any atom is -0.481 e. The van der Waals surface area contributed by atoms with Crippen LogP contribution >= 0.6 is 0 Å². The Balaban J connectivity index is 2.19. The molecule has 7 heteroatoms. The van der Waals surface area contributed by atoms with Crippen molar-refractivity contribution in [2.45, 2.75) is 38.7 Å². The lowest BCUT2D eigenvalue weighted by atomic mass is 9.94. The molecule has 1 unspecified atom stereocenters. The molecular formula is C14H21F2N3O2. The summed E-state index contributed by atoms with van der Waals surface area (Å²) < 4.78 is 29.1. The number of piperidine rings is 1. The highest BCUT2D eigenvalue weighted by atomic mass is 19.3. The Bertz CT molecular complexity index is 528. The number of carboxylic acids is 1. The minimum atomic E-state index is -2.96. The molecule has 1 N–H and O–H groups in total. The van der Waals surface area contributed by atoms with Gasteiger partial charge in [0, 0.05) is 26.6 Å². The average molecular weight is 301 g/mol. The highest BCUT2D eigenvalue weighted by molar-refractivity contribution is 5.70. The Morgan fingerprint density at radius 2 is 2.24 bits per heavy atom. The fourth-order valence-corrected chi connectivity index (χ4v) is 2.85. The van der Waals surface area contributed by atoms with Crippen molar-refractivity contribution >= 4 is 5.97 Å². The third-order valence-corrected chi connectivity index (χ3v) is 3.92. The van der Waals surface area contributed by atoms with Crippen LogP contribution in [0.15, 0.2) is 6.20 Å². The first-order chi connectivity index (χ1) is 9.69. The van der Waals surface area contributed by atoms with Gasteiger partial charge in [0.15, 0.2) is 0 Å². The highest BCUT2D eigenvalue weighted by Crippen LogP contribution is 2.32.